The van der Waals surface area contributed by atoms with Crippen molar-refractivity contribution >= 4 is 11.6 Å². The monoisotopic (exact) mass is 305 g/mol. The summed E-state index contributed by atoms with van der Waals surface area (Å²) in [4.78, 5) is 0. The number of ether oxygens (including phenoxy) is 1. The number of aromatic hydroxyl groups is 1. The van der Waals surface area contributed by atoms with Gasteiger partial charge in [0.15, 0.2) is 0 Å². The minimum Gasteiger partial charge on any atom is -0.508 e. The molecule has 0 aliphatic carbocycles. The Balaban J connectivity index is 2.15. The Bertz CT molecular complexity index is 615. The van der Waals surface area contributed by atoms with Crippen molar-refractivity contribution in [3.63, 3.8) is 0 Å². The first-order chi connectivity index (χ1) is 10.0. The molecule has 112 valence electrons. The summed E-state index contributed by atoms with van der Waals surface area (Å²) in [5.41, 5.74) is 1.92. The molecule has 0 aliphatic heterocycles. The first-order valence-corrected chi connectivity index (χ1v) is 7.27. The highest BCUT2D eigenvalue weighted by molar-refractivity contribution is 6.30. The first kappa shape index (κ1) is 15.7. The summed E-state index contributed by atoms with van der Waals surface area (Å²) in [6.07, 6.45) is 0. The number of phenolic OH excluding ortho intramolecular Hbond substituents is 1. The third-order valence-electron chi connectivity index (χ3n) is 3.55. The van der Waals surface area contributed by atoms with Crippen LogP contribution in [0, 0.1) is 0 Å². The van der Waals surface area contributed by atoms with Gasteiger partial charge in [-0.1, -0.05) is 23.7 Å². The molecule has 0 spiro atoms. The fourth-order valence-electron chi connectivity index (χ4n) is 2.34. The zero-order chi connectivity index (χ0) is 15.4. The second-order valence-electron chi connectivity index (χ2n) is 5.09. The summed E-state index contributed by atoms with van der Waals surface area (Å²) in [5, 5.41) is 14.2. The maximum atomic E-state index is 10.0. The van der Waals surface area contributed by atoms with Crippen LogP contribution in [0.3, 0.4) is 0 Å². The van der Waals surface area contributed by atoms with Crippen LogP contribution in [0.4, 0.5) is 0 Å². The van der Waals surface area contributed by atoms with Crippen LogP contribution in [0.5, 0.6) is 11.5 Å². The number of halogens is 1. The van der Waals surface area contributed by atoms with E-state index in [0.717, 1.165) is 21.9 Å². The number of nitrogens with one attached hydrogen (secondary N) is 1. The van der Waals surface area contributed by atoms with Gasteiger partial charge in [0.1, 0.15) is 11.5 Å². The molecule has 0 heterocycles. The Kier molecular flexibility index (Phi) is 5.10. The van der Waals surface area contributed by atoms with E-state index in [1.807, 2.05) is 37.3 Å². The molecule has 0 amide bonds. The number of phenols is 1. The molecule has 0 fully saturated rings. The molecule has 0 aromatic heterocycles. The molecular formula is C17H20ClNO2. The second-order valence-corrected chi connectivity index (χ2v) is 5.53. The van der Waals surface area contributed by atoms with E-state index in [2.05, 4.69) is 12.2 Å². The number of hydrogen-bond donors (Lipinski definition) is 2. The van der Waals surface area contributed by atoms with Crippen molar-refractivity contribution < 1.29 is 9.84 Å². The number of hydrogen-bond acceptors (Lipinski definition) is 3. The zero-order valence-corrected chi connectivity index (χ0v) is 13.2. The van der Waals surface area contributed by atoms with E-state index in [4.69, 9.17) is 16.3 Å². The topological polar surface area (TPSA) is 41.5 Å². The third kappa shape index (κ3) is 3.90. The van der Waals surface area contributed by atoms with Crippen molar-refractivity contribution in [3.8, 4) is 11.5 Å². The van der Waals surface area contributed by atoms with Crippen LogP contribution < -0.4 is 10.1 Å². The highest BCUT2D eigenvalue weighted by Gasteiger charge is 2.15. The van der Waals surface area contributed by atoms with Gasteiger partial charge in [0, 0.05) is 22.7 Å². The van der Waals surface area contributed by atoms with E-state index in [1.165, 1.54) is 0 Å². The van der Waals surface area contributed by atoms with E-state index in [9.17, 15) is 5.11 Å². The van der Waals surface area contributed by atoms with Crippen LogP contribution >= 0.6 is 11.6 Å². The molecule has 3 nitrogen and oxygen atoms in total. The minimum absolute atomic E-state index is 0.0194. The number of methoxy groups -OCH3 is 1. The first-order valence-electron chi connectivity index (χ1n) is 6.89. The van der Waals surface area contributed by atoms with E-state index in [1.54, 1.807) is 19.2 Å². The van der Waals surface area contributed by atoms with E-state index in [0.29, 0.717) is 0 Å². The smallest absolute Gasteiger partial charge is 0.120 e. The Morgan fingerprint density at radius 1 is 1.10 bits per heavy atom. The van der Waals surface area contributed by atoms with Crippen LogP contribution in [-0.2, 0) is 0 Å². The SMILES string of the molecule is COc1ccc(O)c(C(C)N[C@@H](C)c2cccc(Cl)c2)c1. The van der Waals surface area contributed by atoms with Gasteiger partial charge in [-0.25, -0.2) is 0 Å². The molecule has 4 heteroatoms. The molecule has 2 rings (SSSR count). The molecule has 0 radical (unpaired) electrons. The lowest BCUT2D eigenvalue weighted by atomic mass is 10.0. The van der Waals surface area contributed by atoms with Crippen molar-refractivity contribution in [2.24, 2.45) is 0 Å². The summed E-state index contributed by atoms with van der Waals surface area (Å²) < 4.78 is 5.21. The normalized spacial score (nSPS) is 13.7. The van der Waals surface area contributed by atoms with Gasteiger partial charge in [0.2, 0.25) is 0 Å². The van der Waals surface area contributed by atoms with Crippen molar-refractivity contribution in [1.29, 1.82) is 0 Å². The molecule has 2 aromatic rings. The Labute approximate surface area is 130 Å². The largest absolute Gasteiger partial charge is 0.508 e. The molecule has 2 atom stereocenters. The van der Waals surface area contributed by atoms with Gasteiger partial charge in [0.05, 0.1) is 7.11 Å². The van der Waals surface area contributed by atoms with Crippen LogP contribution in [0.1, 0.15) is 37.1 Å². The van der Waals surface area contributed by atoms with Crippen LogP contribution in [0.25, 0.3) is 0 Å². The fraction of sp³-hybridized carbons (Fsp3) is 0.294. The summed E-state index contributed by atoms with van der Waals surface area (Å²) >= 11 is 6.02. The molecule has 0 bridgehead atoms. The van der Waals surface area contributed by atoms with Crippen molar-refractivity contribution in [1.82, 2.24) is 5.32 Å². The van der Waals surface area contributed by atoms with Crippen molar-refractivity contribution in [2.45, 2.75) is 25.9 Å². The highest BCUT2D eigenvalue weighted by Crippen LogP contribution is 2.30. The fourth-order valence-corrected chi connectivity index (χ4v) is 2.54. The average molecular weight is 306 g/mol. The molecule has 0 saturated carbocycles. The molecule has 2 N–H and O–H groups in total. The molecule has 2 aromatic carbocycles. The van der Waals surface area contributed by atoms with E-state index in [-0.39, 0.29) is 17.8 Å². The third-order valence-corrected chi connectivity index (χ3v) is 3.78. The highest BCUT2D eigenvalue weighted by atomic mass is 35.5. The number of rotatable bonds is 5. The van der Waals surface area contributed by atoms with Crippen LogP contribution in [-0.4, -0.2) is 12.2 Å². The molecule has 21 heavy (non-hydrogen) atoms. The van der Waals surface area contributed by atoms with Crippen LogP contribution in [0.2, 0.25) is 5.02 Å². The lowest BCUT2D eigenvalue weighted by molar-refractivity contribution is 0.405. The van der Waals surface area contributed by atoms with E-state index >= 15 is 0 Å². The van der Waals surface area contributed by atoms with Gasteiger partial charge in [-0.05, 0) is 49.7 Å². The van der Waals surface area contributed by atoms with Crippen LogP contribution in [0.15, 0.2) is 42.5 Å². The Morgan fingerprint density at radius 2 is 1.86 bits per heavy atom. The molecule has 0 saturated heterocycles. The van der Waals surface area contributed by atoms with Gasteiger partial charge in [-0.15, -0.1) is 0 Å². The standard InChI is InChI=1S/C17H20ClNO2/c1-11(13-5-4-6-14(18)9-13)19-12(2)16-10-15(21-3)7-8-17(16)20/h4-12,19-20H,1-3H3/t11-,12?/m0/s1. The summed E-state index contributed by atoms with van der Waals surface area (Å²) in [7, 11) is 1.61. The summed E-state index contributed by atoms with van der Waals surface area (Å²) in [5.74, 6) is 0.987. The van der Waals surface area contributed by atoms with Crippen molar-refractivity contribution in [3.05, 3.63) is 58.6 Å². The molecular weight excluding hydrogens is 286 g/mol. The predicted octanol–water partition coefficient (Wildman–Crippen LogP) is 4.47. The Morgan fingerprint density at radius 3 is 2.52 bits per heavy atom. The van der Waals surface area contributed by atoms with Gasteiger partial charge < -0.3 is 15.2 Å². The van der Waals surface area contributed by atoms with E-state index < -0.39 is 0 Å². The summed E-state index contributed by atoms with van der Waals surface area (Å²) in [6, 6.07) is 13.1. The summed E-state index contributed by atoms with van der Waals surface area (Å²) in [6.45, 7) is 4.08. The van der Waals surface area contributed by atoms with Gasteiger partial charge in [-0.2, -0.15) is 0 Å². The van der Waals surface area contributed by atoms with Gasteiger partial charge >= 0.3 is 0 Å². The maximum absolute atomic E-state index is 10.0. The van der Waals surface area contributed by atoms with Gasteiger partial charge in [-0.3, -0.25) is 0 Å². The lowest BCUT2D eigenvalue weighted by Gasteiger charge is -2.22. The van der Waals surface area contributed by atoms with Crippen molar-refractivity contribution in [2.75, 3.05) is 7.11 Å². The molecule has 1 unspecified atom stereocenters. The lowest BCUT2D eigenvalue weighted by Crippen LogP contribution is -2.22. The average Bonchev–Trinajstić information content (AvgIpc) is 2.47. The minimum atomic E-state index is -0.0194. The number of benzene rings is 2. The predicted molar refractivity (Wildman–Crippen MR) is 86.1 cm³/mol. The zero-order valence-electron chi connectivity index (χ0n) is 12.4. The second kappa shape index (κ2) is 6.83. The molecule has 0 aliphatic rings. The Hall–Kier alpha value is -1.71. The quantitative estimate of drug-likeness (QED) is 0.856. The maximum Gasteiger partial charge on any atom is 0.120 e. The van der Waals surface area contributed by atoms with Gasteiger partial charge in [0.25, 0.3) is 0 Å².